The highest BCUT2D eigenvalue weighted by Gasteiger charge is 2.20. The van der Waals surface area contributed by atoms with E-state index in [4.69, 9.17) is 25.8 Å². The smallest absolute Gasteiger partial charge is 0.344 e. The Balaban J connectivity index is 1.94. The third-order valence-electron chi connectivity index (χ3n) is 4.32. The molecule has 7 heteroatoms. The van der Waals surface area contributed by atoms with Gasteiger partial charge in [0.1, 0.15) is 11.5 Å². The van der Waals surface area contributed by atoms with Crippen molar-refractivity contribution in [3.05, 3.63) is 52.0 Å². The maximum Gasteiger partial charge on any atom is 0.344 e. The molecule has 0 unspecified atom stereocenters. The van der Waals surface area contributed by atoms with Crippen LogP contribution in [0, 0.1) is 20.8 Å². The zero-order chi connectivity index (χ0) is 20.8. The molecule has 150 valence electrons. The molecule has 2 rings (SSSR count). The van der Waals surface area contributed by atoms with Gasteiger partial charge in [-0.05, 0) is 56.5 Å². The Morgan fingerprint density at radius 2 is 1.82 bits per heavy atom. The first-order valence-corrected chi connectivity index (χ1v) is 9.14. The number of esters is 1. The van der Waals surface area contributed by atoms with Crippen LogP contribution in [-0.2, 0) is 14.3 Å². The van der Waals surface area contributed by atoms with Gasteiger partial charge in [0.15, 0.2) is 12.7 Å². The van der Waals surface area contributed by atoms with Crippen LogP contribution in [0.25, 0.3) is 0 Å². The maximum atomic E-state index is 12.4. The quantitative estimate of drug-likeness (QED) is 0.698. The topological polar surface area (TPSA) is 73.9 Å². The number of carbonyl (C=O) groups excluding carboxylic acids is 2. The number of anilines is 1. The molecule has 0 aliphatic heterocycles. The highest BCUT2D eigenvalue weighted by Crippen LogP contribution is 2.31. The molecule has 1 amide bonds. The third kappa shape index (κ3) is 5.39. The number of ether oxygens (including phenoxy) is 3. The molecular weight excluding hydrogens is 382 g/mol. The van der Waals surface area contributed by atoms with Gasteiger partial charge in [-0.15, -0.1) is 0 Å². The summed E-state index contributed by atoms with van der Waals surface area (Å²) in [5, 5.41) is 3.21. The molecule has 1 atom stereocenters. The molecule has 2 aromatic rings. The Labute approximate surface area is 169 Å². The molecule has 0 saturated heterocycles. The number of nitrogens with one attached hydrogen (secondary N) is 1. The van der Waals surface area contributed by atoms with Gasteiger partial charge in [-0.1, -0.05) is 23.7 Å². The fourth-order valence-corrected chi connectivity index (χ4v) is 2.62. The van der Waals surface area contributed by atoms with Crippen molar-refractivity contribution in [2.75, 3.05) is 19.0 Å². The standard InChI is InChI=1S/C21H24ClNO5/c1-12-7-6-8-18(14(12)3)27-11-20(24)28-15(4)21(25)23-17-9-13(2)16(22)10-19(17)26-5/h6-10,15H,11H2,1-5H3,(H,23,25)/t15-/m1/s1. The van der Waals surface area contributed by atoms with Gasteiger partial charge in [-0.2, -0.15) is 0 Å². The van der Waals surface area contributed by atoms with Gasteiger partial charge >= 0.3 is 5.97 Å². The minimum Gasteiger partial charge on any atom is -0.495 e. The molecule has 0 heterocycles. The third-order valence-corrected chi connectivity index (χ3v) is 4.72. The highest BCUT2D eigenvalue weighted by atomic mass is 35.5. The van der Waals surface area contributed by atoms with Crippen molar-refractivity contribution < 1.29 is 23.8 Å². The van der Waals surface area contributed by atoms with E-state index < -0.39 is 18.0 Å². The largest absolute Gasteiger partial charge is 0.495 e. The van der Waals surface area contributed by atoms with Crippen molar-refractivity contribution in [1.29, 1.82) is 0 Å². The fraction of sp³-hybridized carbons (Fsp3) is 0.333. The summed E-state index contributed by atoms with van der Waals surface area (Å²) < 4.78 is 15.9. The number of halogens is 1. The van der Waals surface area contributed by atoms with Crippen molar-refractivity contribution in [3.8, 4) is 11.5 Å². The number of hydrogen-bond acceptors (Lipinski definition) is 5. The molecule has 0 aliphatic carbocycles. The SMILES string of the molecule is COc1cc(Cl)c(C)cc1NC(=O)[C@@H](C)OC(=O)COc1cccc(C)c1C. The van der Waals surface area contributed by atoms with Crippen molar-refractivity contribution in [1.82, 2.24) is 0 Å². The summed E-state index contributed by atoms with van der Waals surface area (Å²) in [6.07, 6.45) is -1.00. The Morgan fingerprint density at radius 3 is 2.50 bits per heavy atom. The summed E-state index contributed by atoms with van der Waals surface area (Å²) in [7, 11) is 1.48. The number of aryl methyl sites for hydroxylation is 2. The van der Waals surface area contributed by atoms with E-state index in [9.17, 15) is 9.59 Å². The lowest BCUT2D eigenvalue weighted by Crippen LogP contribution is -2.31. The summed E-state index contributed by atoms with van der Waals surface area (Å²) in [5.41, 5.74) is 3.24. The molecule has 6 nitrogen and oxygen atoms in total. The van der Waals surface area contributed by atoms with Crippen LogP contribution in [0.3, 0.4) is 0 Å². The molecule has 2 aromatic carbocycles. The van der Waals surface area contributed by atoms with Gasteiger partial charge in [-0.25, -0.2) is 4.79 Å². The number of benzene rings is 2. The van der Waals surface area contributed by atoms with E-state index in [1.54, 1.807) is 18.2 Å². The molecule has 0 fully saturated rings. The Bertz CT molecular complexity index is 881. The van der Waals surface area contributed by atoms with Crippen LogP contribution in [0.15, 0.2) is 30.3 Å². The predicted octanol–water partition coefficient (Wildman–Crippen LogP) is 4.22. The first-order chi connectivity index (χ1) is 13.2. The van der Waals surface area contributed by atoms with E-state index in [0.717, 1.165) is 16.7 Å². The van der Waals surface area contributed by atoms with Crippen LogP contribution < -0.4 is 14.8 Å². The number of rotatable bonds is 7. The van der Waals surface area contributed by atoms with Gasteiger partial charge in [-0.3, -0.25) is 4.79 Å². The lowest BCUT2D eigenvalue weighted by Gasteiger charge is -2.16. The molecule has 0 saturated carbocycles. The summed E-state index contributed by atoms with van der Waals surface area (Å²) in [4.78, 5) is 24.4. The summed E-state index contributed by atoms with van der Waals surface area (Å²) >= 11 is 6.06. The summed E-state index contributed by atoms with van der Waals surface area (Å²) in [5.74, 6) is -0.0981. The van der Waals surface area contributed by atoms with Crippen molar-refractivity contribution in [2.24, 2.45) is 0 Å². The molecule has 0 aliphatic rings. The van der Waals surface area contributed by atoms with E-state index in [1.165, 1.54) is 14.0 Å². The maximum absolute atomic E-state index is 12.4. The van der Waals surface area contributed by atoms with Crippen LogP contribution in [0.1, 0.15) is 23.6 Å². The Kier molecular flexibility index (Phi) is 7.29. The van der Waals surface area contributed by atoms with Crippen molar-refractivity contribution >= 4 is 29.2 Å². The second-order valence-electron chi connectivity index (χ2n) is 6.41. The first-order valence-electron chi connectivity index (χ1n) is 8.76. The Hall–Kier alpha value is -2.73. The van der Waals surface area contributed by atoms with Gasteiger partial charge in [0, 0.05) is 11.1 Å². The van der Waals surface area contributed by atoms with Crippen molar-refractivity contribution in [2.45, 2.75) is 33.8 Å². The molecular formula is C21H24ClNO5. The van der Waals surface area contributed by atoms with E-state index >= 15 is 0 Å². The van der Waals surface area contributed by atoms with Gasteiger partial charge < -0.3 is 19.5 Å². The van der Waals surface area contributed by atoms with Crippen LogP contribution in [0.5, 0.6) is 11.5 Å². The van der Waals surface area contributed by atoms with E-state index in [-0.39, 0.29) is 6.61 Å². The second-order valence-corrected chi connectivity index (χ2v) is 6.82. The molecule has 0 radical (unpaired) electrons. The summed E-state index contributed by atoms with van der Waals surface area (Å²) in [6, 6.07) is 8.89. The molecule has 0 aromatic heterocycles. The number of carbonyl (C=O) groups is 2. The average molecular weight is 406 g/mol. The predicted molar refractivity (Wildman–Crippen MR) is 108 cm³/mol. The number of amides is 1. The second kappa shape index (κ2) is 9.46. The van der Waals surface area contributed by atoms with Crippen LogP contribution in [0.4, 0.5) is 5.69 Å². The van der Waals surface area contributed by atoms with Crippen LogP contribution >= 0.6 is 11.6 Å². The lowest BCUT2D eigenvalue weighted by atomic mass is 10.1. The lowest BCUT2D eigenvalue weighted by molar-refractivity contribution is -0.155. The zero-order valence-electron chi connectivity index (χ0n) is 16.6. The highest BCUT2D eigenvalue weighted by molar-refractivity contribution is 6.31. The summed E-state index contributed by atoms with van der Waals surface area (Å²) in [6.45, 7) is 6.88. The monoisotopic (exact) mass is 405 g/mol. The Morgan fingerprint density at radius 1 is 1.11 bits per heavy atom. The van der Waals surface area contributed by atoms with Gasteiger partial charge in [0.25, 0.3) is 5.91 Å². The molecule has 1 N–H and O–H groups in total. The number of methoxy groups -OCH3 is 1. The van der Waals surface area contributed by atoms with Crippen LogP contribution in [0.2, 0.25) is 5.02 Å². The average Bonchev–Trinajstić information content (AvgIpc) is 2.65. The van der Waals surface area contributed by atoms with Gasteiger partial charge in [0.2, 0.25) is 0 Å². The van der Waals surface area contributed by atoms with Crippen LogP contribution in [-0.4, -0.2) is 31.7 Å². The van der Waals surface area contributed by atoms with Gasteiger partial charge in [0.05, 0.1) is 12.8 Å². The first kappa shape index (κ1) is 21.6. The molecule has 0 spiro atoms. The van der Waals surface area contributed by atoms with E-state index in [2.05, 4.69) is 5.32 Å². The fourth-order valence-electron chi connectivity index (χ4n) is 2.47. The minimum atomic E-state index is -1.00. The normalized spacial score (nSPS) is 11.5. The number of hydrogen-bond donors (Lipinski definition) is 1. The molecule has 28 heavy (non-hydrogen) atoms. The minimum absolute atomic E-state index is 0.286. The van der Waals surface area contributed by atoms with E-state index in [0.29, 0.717) is 22.2 Å². The molecule has 0 bridgehead atoms. The van der Waals surface area contributed by atoms with E-state index in [1.807, 2.05) is 32.9 Å². The van der Waals surface area contributed by atoms with Crippen molar-refractivity contribution in [3.63, 3.8) is 0 Å². The zero-order valence-corrected chi connectivity index (χ0v) is 17.3.